The molecule has 0 aromatic heterocycles. The van der Waals surface area contributed by atoms with E-state index in [9.17, 15) is 9.59 Å². The molecule has 0 heterocycles. The van der Waals surface area contributed by atoms with Gasteiger partial charge in [-0.25, -0.2) is 4.79 Å². The van der Waals surface area contributed by atoms with Crippen molar-refractivity contribution in [3.63, 3.8) is 0 Å². The van der Waals surface area contributed by atoms with Crippen LogP contribution in [-0.2, 0) is 20.7 Å². The number of hydrogen-bond donors (Lipinski definition) is 0. The number of methoxy groups -OCH3 is 2. The highest BCUT2D eigenvalue weighted by Gasteiger charge is 2.15. The van der Waals surface area contributed by atoms with Gasteiger partial charge in [0, 0.05) is 0 Å². The zero-order chi connectivity index (χ0) is 12.1. The first-order chi connectivity index (χ1) is 7.60. The molecule has 0 amide bonds. The molecular formula is C11H11ClO4. The predicted molar refractivity (Wildman–Crippen MR) is 58.5 cm³/mol. The number of carbonyl (C=O) groups excluding carboxylic acids is 2. The second kappa shape index (κ2) is 5.51. The van der Waals surface area contributed by atoms with E-state index < -0.39 is 11.9 Å². The molecule has 0 atom stereocenters. The van der Waals surface area contributed by atoms with E-state index in [1.165, 1.54) is 20.3 Å². The lowest BCUT2D eigenvalue weighted by Crippen LogP contribution is -2.08. The molecule has 0 aliphatic rings. The van der Waals surface area contributed by atoms with Crippen molar-refractivity contribution in [1.29, 1.82) is 0 Å². The van der Waals surface area contributed by atoms with Crippen molar-refractivity contribution in [1.82, 2.24) is 0 Å². The average molecular weight is 243 g/mol. The van der Waals surface area contributed by atoms with E-state index in [0.29, 0.717) is 5.56 Å². The lowest BCUT2D eigenvalue weighted by Gasteiger charge is -2.07. The Bertz CT molecular complexity index is 414. The number of ether oxygens (including phenoxy) is 2. The highest BCUT2D eigenvalue weighted by atomic mass is 35.5. The Hall–Kier alpha value is -1.55. The van der Waals surface area contributed by atoms with Crippen LogP contribution in [-0.4, -0.2) is 26.2 Å². The summed E-state index contributed by atoms with van der Waals surface area (Å²) < 4.78 is 9.09. The minimum absolute atomic E-state index is 0.0279. The molecule has 0 unspecified atom stereocenters. The van der Waals surface area contributed by atoms with Crippen LogP contribution in [0, 0.1) is 0 Å². The van der Waals surface area contributed by atoms with Gasteiger partial charge >= 0.3 is 11.9 Å². The van der Waals surface area contributed by atoms with E-state index in [4.69, 9.17) is 11.6 Å². The van der Waals surface area contributed by atoms with Crippen LogP contribution in [0.5, 0.6) is 0 Å². The van der Waals surface area contributed by atoms with E-state index in [2.05, 4.69) is 9.47 Å². The minimum Gasteiger partial charge on any atom is -0.469 e. The van der Waals surface area contributed by atoms with Gasteiger partial charge in [-0.15, -0.1) is 0 Å². The standard InChI is InChI=1S/C11H11ClO4/c1-15-9(13)6-7-4-3-5-8(10(7)12)11(14)16-2/h3-5H,6H2,1-2H3. The van der Waals surface area contributed by atoms with Crippen molar-refractivity contribution < 1.29 is 19.1 Å². The largest absolute Gasteiger partial charge is 0.469 e. The number of benzene rings is 1. The summed E-state index contributed by atoms with van der Waals surface area (Å²) in [5, 5.41) is 0.222. The molecule has 1 aromatic rings. The molecule has 0 radical (unpaired) electrons. The topological polar surface area (TPSA) is 52.6 Å². The highest BCUT2D eigenvalue weighted by molar-refractivity contribution is 6.34. The summed E-state index contributed by atoms with van der Waals surface area (Å²) in [5.41, 5.74) is 0.780. The van der Waals surface area contributed by atoms with Crippen molar-refractivity contribution in [2.45, 2.75) is 6.42 Å². The van der Waals surface area contributed by atoms with Crippen LogP contribution >= 0.6 is 11.6 Å². The molecule has 5 heteroatoms. The fourth-order valence-corrected chi connectivity index (χ4v) is 1.48. The van der Waals surface area contributed by atoms with Gasteiger partial charge in [0.05, 0.1) is 31.2 Å². The van der Waals surface area contributed by atoms with E-state index in [1.54, 1.807) is 12.1 Å². The molecule has 1 aromatic carbocycles. The summed E-state index contributed by atoms with van der Waals surface area (Å²) in [7, 11) is 2.56. The predicted octanol–water partition coefficient (Wildman–Crippen LogP) is 1.84. The summed E-state index contributed by atoms with van der Waals surface area (Å²) in [4.78, 5) is 22.4. The fraction of sp³-hybridized carbons (Fsp3) is 0.273. The molecule has 0 spiro atoms. The fourth-order valence-electron chi connectivity index (χ4n) is 1.21. The Morgan fingerprint density at radius 3 is 2.50 bits per heavy atom. The van der Waals surface area contributed by atoms with Gasteiger partial charge in [0.2, 0.25) is 0 Å². The third-order valence-electron chi connectivity index (χ3n) is 2.05. The molecule has 0 bridgehead atoms. The molecule has 0 saturated carbocycles. The third kappa shape index (κ3) is 2.73. The second-order valence-electron chi connectivity index (χ2n) is 3.02. The first-order valence-corrected chi connectivity index (χ1v) is 4.90. The Morgan fingerprint density at radius 1 is 1.25 bits per heavy atom. The first kappa shape index (κ1) is 12.5. The van der Waals surface area contributed by atoms with Crippen LogP contribution in [0.25, 0.3) is 0 Å². The summed E-state index contributed by atoms with van der Waals surface area (Å²) in [5.74, 6) is -0.944. The van der Waals surface area contributed by atoms with E-state index in [1.807, 2.05) is 0 Å². The number of esters is 2. The maximum atomic E-state index is 11.3. The summed E-state index contributed by atoms with van der Waals surface area (Å²) in [6.07, 6.45) is 0.0279. The van der Waals surface area contributed by atoms with Gasteiger partial charge in [0.1, 0.15) is 0 Å². The molecular weight excluding hydrogens is 232 g/mol. The van der Waals surface area contributed by atoms with Gasteiger partial charge in [-0.1, -0.05) is 23.7 Å². The zero-order valence-electron chi connectivity index (χ0n) is 8.95. The number of rotatable bonds is 3. The van der Waals surface area contributed by atoms with E-state index in [-0.39, 0.29) is 17.0 Å². The number of hydrogen-bond acceptors (Lipinski definition) is 4. The van der Waals surface area contributed by atoms with Crippen molar-refractivity contribution in [2.75, 3.05) is 14.2 Å². The molecule has 0 aliphatic heterocycles. The van der Waals surface area contributed by atoms with Gasteiger partial charge < -0.3 is 9.47 Å². The van der Waals surface area contributed by atoms with Gasteiger partial charge in [0.25, 0.3) is 0 Å². The van der Waals surface area contributed by atoms with Gasteiger partial charge in [0.15, 0.2) is 0 Å². The van der Waals surface area contributed by atoms with Crippen LogP contribution in [0.15, 0.2) is 18.2 Å². The Kier molecular flexibility index (Phi) is 4.31. The molecule has 0 fully saturated rings. The maximum absolute atomic E-state index is 11.3. The van der Waals surface area contributed by atoms with E-state index >= 15 is 0 Å². The minimum atomic E-state index is -0.531. The molecule has 0 N–H and O–H groups in total. The molecule has 1 rings (SSSR count). The van der Waals surface area contributed by atoms with Crippen molar-refractivity contribution in [2.24, 2.45) is 0 Å². The lowest BCUT2D eigenvalue weighted by atomic mass is 10.1. The quantitative estimate of drug-likeness (QED) is 0.759. The van der Waals surface area contributed by atoms with Crippen LogP contribution in [0.2, 0.25) is 5.02 Å². The molecule has 0 aliphatic carbocycles. The highest BCUT2D eigenvalue weighted by Crippen LogP contribution is 2.22. The number of carbonyl (C=O) groups is 2. The van der Waals surface area contributed by atoms with Gasteiger partial charge in [-0.3, -0.25) is 4.79 Å². The Labute approximate surface area is 98.1 Å². The van der Waals surface area contributed by atoms with Crippen LogP contribution in [0.1, 0.15) is 15.9 Å². The van der Waals surface area contributed by atoms with Crippen LogP contribution in [0.3, 0.4) is 0 Å². The summed E-state index contributed by atoms with van der Waals surface area (Å²) >= 11 is 5.97. The van der Waals surface area contributed by atoms with Crippen molar-refractivity contribution in [3.05, 3.63) is 34.3 Å². The maximum Gasteiger partial charge on any atom is 0.339 e. The molecule has 4 nitrogen and oxygen atoms in total. The third-order valence-corrected chi connectivity index (χ3v) is 2.49. The van der Waals surface area contributed by atoms with Crippen LogP contribution in [0.4, 0.5) is 0 Å². The Balaban J connectivity index is 3.04. The second-order valence-corrected chi connectivity index (χ2v) is 3.40. The van der Waals surface area contributed by atoms with Gasteiger partial charge in [-0.05, 0) is 11.6 Å². The van der Waals surface area contributed by atoms with E-state index in [0.717, 1.165) is 0 Å². The lowest BCUT2D eigenvalue weighted by molar-refractivity contribution is -0.139. The SMILES string of the molecule is COC(=O)Cc1cccc(C(=O)OC)c1Cl. The molecule has 16 heavy (non-hydrogen) atoms. The molecule has 86 valence electrons. The smallest absolute Gasteiger partial charge is 0.339 e. The molecule has 0 saturated heterocycles. The van der Waals surface area contributed by atoms with Crippen molar-refractivity contribution >= 4 is 23.5 Å². The van der Waals surface area contributed by atoms with Gasteiger partial charge in [-0.2, -0.15) is 0 Å². The average Bonchev–Trinajstić information content (AvgIpc) is 2.30. The first-order valence-electron chi connectivity index (χ1n) is 4.52. The summed E-state index contributed by atoms with van der Waals surface area (Å²) in [6.45, 7) is 0. The Morgan fingerprint density at radius 2 is 1.94 bits per heavy atom. The monoisotopic (exact) mass is 242 g/mol. The zero-order valence-corrected chi connectivity index (χ0v) is 9.71. The summed E-state index contributed by atoms with van der Waals surface area (Å²) in [6, 6.07) is 4.83. The van der Waals surface area contributed by atoms with Crippen LogP contribution < -0.4 is 0 Å². The van der Waals surface area contributed by atoms with Crippen molar-refractivity contribution in [3.8, 4) is 0 Å². The number of halogens is 1. The normalized spacial score (nSPS) is 9.69.